The third kappa shape index (κ3) is 5.28. The second kappa shape index (κ2) is 2.45. The van der Waals surface area contributed by atoms with Gasteiger partial charge < -0.3 is 5.11 Å². The van der Waals surface area contributed by atoms with Gasteiger partial charge in [0.05, 0.1) is 0 Å². The second-order valence-corrected chi connectivity index (χ2v) is 1.69. The van der Waals surface area contributed by atoms with E-state index in [4.69, 9.17) is 0 Å². The fraction of sp³-hybridized carbons (Fsp3) is 0.333. The van der Waals surface area contributed by atoms with Crippen LogP contribution in [-0.2, 0) is 0 Å². The summed E-state index contributed by atoms with van der Waals surface area (Å²) in [7, 11) is 0. The summed E-state index contributed by atoms with van der Waals surface area (Å²) in [5.74, 6) is -0.125. The molecular formula is C6H9O-. The van der Waals surface area contributed by atoms with Crippen molar-refractivity contribution in [1.82, 2.24) is 0 Å². The van der Waals surface area contributed by atoms with E-state index in [-0.39, 0.29) is 5.76 Å². The van der Waals surface area contributed by atoms with E-state index in [9.17, 15) is 5.11 Å². The van der Waals surface area contributed by atoms with Gasteiger partial charge in [0.1, 0.15) is 0 Å². The van der Waals surface area contributed by atoms with E-state index in [2.05, 4.69) is 6.58 Å². The van der Waals surface area contributed by atoms with Crippen LogP contribution in [0.3, 0.4) is 0 Å². The van der Waals surface area contributed by atoms with E-state index >= 15 is 0 Å². The van der Waals surface area contributed by atoms with Gasteiger partial charge in [-0.25, -0.2) is 0 Å². The van der Waals surface area contributed by atoms with Gasteiger partial charge in [-0.1, -0.05) is 11.6 Å². The maximum absolute atomic E-state index is 10.1. The average Bonchev–Trinajstić information content (AvgIpc) is 1.27. The Balaban J connectivity index is 3.68. The van der Waals surface area contributed by atoms with Gasteiger partial charge in [0.2, 0.25) is 0 Å². The second-order valence-electron chi connectivity index (χ2n) is 1.69. The van der Waals surface area contributed by atoms with Crippen molar-refractivity contribution in [2.45, 2.75) is 13.8 Å². The van der Waals surface area contributed by atoms with E-state index in [0.717, 1.165) is 5.57 Å². The molecule has 0 aromatic carbocycles. The molecule has 0 rings (SSSR count). The maximum atomic E-state index is 10.1. The number of allylic oxidation sites excluding steroid dienone is 2. The summed E-state index contributed by atoms with van der Waals surface area (Å²) < 4.78 is 0. The van der Waals surface area contributed by atoms with Gasteiger partial charge in [-0.3, -0.25) is 0 Å². The summed E-state index contributed by atoms with van der Waals surface area (Å²) in [6, 6.07) is 0. The molecule has 0 bridgehead atoms. The largest absolute Gasteiger partial charge is 0.873 e. The summed E-state index contributed by atoms with van der Waals surface area (Å²) in [5, 5.41) is 10.1. The molecule has 0 aliphatic carbocycles. The summed E-state index contributed by atoms with van der Waals surface area (Å²) in [6.07, 6.45) is 1.50. The Hall–Kier alpha value is -0.720. The summed E-state index contributed by atoms with van der Waals surface area (Å²) in [5.41, 5.74) is 1.00. The molecule has 0 aliphatic rings. The van der Waals surface area contributed by atoms with Gasteiger partial charge in [0.15, 0.2) is 0 Å². The van der Waals surface area contributed by atoms with E-state index in [1.807, 2.05) is 13.8 Å². The zero-order valence-electron chi connectivity index (χ0n) is 4.69. The predicted molar refractivity (Wildman–Crippen MR) is 28.6 cm³/mol. The highest BCUT2D eigenvalue weighted by molar-refractivity contribution is 5.09. The first-order chi connectivity index (χ1) is 3.13. The molecular weight excluding hydrogens is 88.1 g/mol. The fourth-order valence-electron chi connectivity index (χ4n) is 0.322. The summed E-state index contributed by atoms with van der Waals surface area (Å²) in [4.78, 5) is 0. The molecule has 40 valence electrons. The topological polar surface area (TPSA) is 23.1 Å². The van der Waals surface area contributed by atoms with Crippen molar-refractivity contribution in [3.8, 4) is 0 Å². The third-order valence-electron chi connectivity index (χ3n) is 0.450. The Kier molecular flexibility index (Phi) is 2.20. The average molecular weight is 97.1 g/mol. The standard InChI is InChI=1S/C6H10O/c1-5(2)4-6(3)7/h4,7H,3H2,1-2H3/p-1. The molecule has 0 atom stereocenters. The SMILES string of the molecule is C=C([O-])C=C(C)C. The lowest BCUT2D eigenvalue weighted by Crippen LogP contribution is -1.96. The lowest BCUT2D eigenvalue weighted by Gasteiger charge is -2.00. The van der Waals surface area contributed by atoms with Crippen LogP contribution in [0, 0.1) is 0 Å². The zero-order valence-corrected chi connectivity index (χ0v) is 4.69. The van der Waals surface area contributed by atoms with Crippen LogP contribution < -0.4 is 5.11 Å². The lowest BCUT2D eigenvalue weighted by molar-refractivity contribution is -0.294. The van der Waals surface area contributed by atoms with Crippen LogP contribution in [0.25, 0.3) is 0 Å². The van der Waals surface area contributed by atoms with Gasteiger partial charge in [-0.05, 0) is 13.8 Å². The quantitative estimate of drug-likeness (QED) is 0.351. The number of hydrogen-bond donors (Lipinski definition) is 0. The molecule has 0 aliphatic heterocycles. The monoisotopic (exact) mass is 97.1 g/mol. The highest BCUT2D eigenvalue weighted by Gasteiger charge is 1.68. The molecule has 0 aromatic heterocycles. The highest BCUT2D eigenvalue weighted by atomic mass is 16.3. The molecule has 0 unspecified atom stereocenters. The first-order valence-electron chi connectivity index (χ1n) is 2.14. The molecule has 0 aromatic rings. The molecule has 1 nitrogen and oxygen atoms in total. The summed E-state index contributed by atoms with van der Waals surface area (Å²) in [6.45, 7) is 6.89. The van der Waals surface area contributed by atoms with Gasteiger partial charge >= 0.3 is 0 Å². The van der Waals surface area contributed by atoms with E-state index in [0.29, 0.717) is 0 Å². The zero-order chi connectivity index (χ0) is 5.86. The number of hydrogen-bond acceptors (Lipinski definition) is 1. The van der Waals surface area contributed by atoms with Crippen LogP contribution in [-0.4, -0.2) is 0 Å². The molecule has 7 heavy (non-hydrogen) atoms. The van der Waals surface area contributed by atoms with Crippen molar-refractivity contribution < 1.29 is 5.11 Å². The Bertz CT molecular complexity index is 96.7. The van der Waals surface area contributed by atoms with Crippen LogP contribution in [0.2, 0.25) is 0 Å². The maximum Gasteiger partial charge on any atom is -0.0439 e. The van der Waals surface area contributed by atoms with Gasteiger partial charge in [-0.15, -0.1) is 12.3 Å². The number of rotatable bonds is 1. The van der Waals surface area contributed by atoms with Crippen LogP contribution in [0.5, 0.6) is 0 Å². The predicted octanol–water partition coefficient (Wildman–Crippen LogP) is 0.827. The lowest BCUT2D eigenvalue weighted by atomic mass is 10.3. The highest BCUT2D eigenvalue weighted by Crippen LogP contribution is 1.89. The van der Waals surface area contributed by atoms with E-state index < -0.39 is 0 Å². The first kappa shape index (κ1) is 6.28. The molecule has 1 heteroatoms. The molecule has 0 N–H and O–H groups in total. The Morgan fingerprint density at radius 2 is 2.00 bits per heavy atom. The Morgan fingerprint density at radius 1 is 1.57 bits per heavy atom. The molecule has 0 radical (unpaired) electrons. The van der Waals surface area contributed by atoms with Crippen molar-refractivity contribution in [3.05, 3.63) is 24.0 Å². The molecule has 0 spiro atoms. The first-order valence-corrected chi connectivity index (χ1v) is 2.14. The van der Waals surface area contributed by atoms with Crippen molar-refractivity contribution in [1.29, 1.82) is 0 Å². The van der Waals surface area contributed by atoms with Gasteiger partial charge in [-0.2, -0.15) is 0 Å². The molecule has 0 saturated heterocycles. The van der Waals surface area contributed by atoms with Crippen LogP contribution in [0.1, 0.15) is 13.8 Å². The molecule has 0 fully saturated rings. The van der Waals surface area contributed by atoms with E-state index in [1.165, 1.54) is 6.08 Å². The van der Waals surface area contributed by atoms with Crippen LogP contribution in [0.15, 0.2) is 24.0 Å². The van der Waals surface area contributed by atoms with Crippen molar-refractivity contribution in [2.75, 3.05) is 0 Å². The minimum Gasteiger partial charge on any atom is -0.873 e. The molecule has 0 amide bonds. The third-order valence-corrected chi connectivity index (χ3v) is 0.450. The van der Waals surface area contributed by atoms with Crippen LogP contribution in [0.4, 0.5) is 0 Å². The molecule has 0 heterocycles. The van der Waals surface area contributed by atoms with Crippen molar-refractivity contribution in [3.63, 3.8) is 0 Å². The van der Waals surface area contributed by atoms with Crippen LogP contribution >= 0.6 is 0 Å². The smallest absolute Gasteiger partial charge is 0.0439 e. The molecule has 0 saturated carbocycles. The van der Waals surface area contributed by atoms with Crippen molar-refractivity contribution in [2.24, 2.45) is 0 Å². The van der Waals surface area contributed by atoms with Gasteiger partial charge in [0.25, 0.3) is 0 Å². The van der Waals surface area contributed by atoms with Gasteiger partial charge in [0, 0.05) is 0 Å². The normalized spacial score (nSPS) is 7.71. The minimum atomic E-state index is -0.125. The van der Waals surface area contributed by atoms with E-state index in [1.54, 1.807) is 0 Å². The Labute approximate surface area is 44.0 Å². The summed E-state index contributed by atoms with van der Waals surface area (Å²) >= 11 is 0. The fourth-order valence-corrected chi connectivity index (χ4v) is 0.322. The Morgan fingerprint density at radius 3 is 2.00 bits per heavy atom. The van der Waals surface area contributed by atoms with Crippen molar-refractivity contribution >= 4 is 0 Å². The minimum absolute atomic E-state index is 0.125.